The van der Waals surface area contributed by atoms with Gasteiger partial charge < -0.3 is 10.8 Å². The first kappa shape index (κ1) is 12.1. The first-order chi connectivity index (χ1) is 8.18. The van der Waals surface area contributed by atoms with Gasteiger partial charge in [0.25, 0.3) is 0 Å². The van der Waals surface area contributed by atoms with Gasteiger partial charge in [-0.25, -0.2) is 0 Å². The summed E-state index contributed by atoms with van der Waals surface area (Å²) in [6.07, 6.45) is 3.10. The fourth-order valence-electron chi connectivity index (χ4n) is 1.68. The van der Waals surface area contributed by atoms with Crippen molar-refractivity contribution in [2.24, 2.45) is 0 Å². The molecule has 3 nitrogen and oxygen atoms in total. The summed E-state index contributed by atoms with van der Waals surface area (Å²) < 4.78 is 0.988. The van der Waals surface area contributed by atoms with Crippen molar-refractivity contribution >= 4 is 21.6 Å². The van der Waals surface area contributed by atoms with E-state index >= 15 is 0 Å². The van der Waals surface area contributed by atoms with Gasteiger partial charge in [0.15, 0.2) is 0 Å². The molecule has 0 saturated heterocycles. The highest BCUT2D eigenvalue weighted by molar-refractivity contribution is 9.10. The molecule has 4 heteroatoms. The van der Waals surface area contributed by atoms with Crippen molar-refractivity contribution in [3.8, 4) is 0 Å². The Morgan fingerprint density at radius 2 is 2.06 bits per heavy atom. The summed E-state index contributed by atoms with van der Waals surface area (Å²) in [5, 5.41) is 10.1. The number of nitrogens with zero attached hydrogens (tertiary/aromatic N) is 1. The van der Waals surface area contributed by atoms with Gasteiger partial charge in [0, 0.05) is 34.5 Å². The smallest absolute Gasteiger partial charge is 0.0865 e. The second-order valence-electron chi connectivity index (χ2n) is 3.82. The number of rotatable bonds is 3. The predicted octanol–water partition coefficient (Wildman–Crippen LogP) is 2.70. The van der Waals surface area contributed by atoms with Crippen LogP contribution in [0.3, 0.4) is 0 Å². The summed E-state index contributed by atoms with van der Waals surface area (Å²) in [6.45, 7) is 0. The molecule has 3 N–H and O–H groups in total. The average Bonchev–Trinajstić information content (AvgIpc) is 2.32. The molecule has 88 valence electrons. The van der Waals surface area contributed by atoms with E-state index in [2.05, 4.69) is 20.9 Å². The molecule has 0 fully saturated rings. The van der Waals surface area contributed by atoms with Crippen molar-refractivity contribution in [1.82, 2.24) is 4.98 Å². The largest absolute Gasteiger partial charge is 0.398 e. The summed E-state index contributed by atoms with van der Waals surface area (Å²) in [5.41, 5.74) is 8.08. The van der Waals surface area contributed by atoms with Crippen molar-refractivity contribution in [3.05, 3.63) is 58.3 Å². The van der Waals surface area contributed by atoms with Gasteiger partial charge in [0.2, 0.25) is 0 Å². The zero-order valence-electron chi connectivity index (χ0n) is 9.18. The summed E-state index contributed by atoms with van der Waals surface area (Å²) in [4.78, 5) is 3.98. The van der Waals surface area contributed by atoms with Crippen LogP contribution in [0.2, 0.25) is 0 Å². The third-order valence-corrected chi connectivity index (χ3v) is 3.39. The standard InChI is InChI=1S/C13H13BrN2O/c14-11-4-2-1-3-9(11)7-13(17)10-8-16-6-5-12(10)15/h1-6,8,13,17H,7H2,(H2,15,16). The summed E-state index contributed by atoms with van der Waals surface area (Å²) in [6, 6.07) is 9.50. The van der Waals surface area contributed by atoms with Crippen molar-refractivity contribution in [1.29, 1.82) is 0 Å². The van der Waals surface area contributed by atoms with Crippen molar-refractivity contribution in [2.45, 2.75) is 12.5 Å². The molecule has 0 aliphatic carbocycles. The lowest BCUT2D eigenvalue weighted by Gasteiger charge is -2.13. The van der Waals surface area contributed by atoms with Crippen molar-refractivity contribution < 1.29 is 5.11 Å². The molecule has 1 heterocycles. The van der Waals surface area contributed by atoms with Crippen molar-refractivity contribution in [2.75, 3.05) is 5.73 Å². The Bertz CT molecular complexity index is 516. The average molecular weight is 293 g/mol. The number of aliphatic hydroxyl groups excluding tert-OH is 1. The normalized spacial score (nSPS) is 12.4. The van der Waals surface area contributed by atoms with E-state index in [9.17, 15) is 5.11 Å². The number of anilines is 1. The lowest BCUT2D eigenvalue weighted by Crippen LogP contribution is -2.06. The van der Waals surface area contributed by atoms with Gasteiger partial charge in [-0.2, -0.15) is 0 Å². The van der Waals surface area contributed by atoms with E-state index in [-0.39, 0.29) is 0 Å². The zero-order chi connectivity index (χ0) is 12.3. The second-order valence-corrected chi connectivity index (χ2v) is 4.67. The van der Waals surface area contributed by atoms with Gasteiger partial charge in [0.05, 0.1) is 6.10 Å². The molecule has 0 bridgehead atoms. The van der Waals surface area contributed by atoms with Crippen LogP contribution in [0, 0.1) is 0 Å². The molecule has 0 radical (unpaired) electrons. The summed E-state index contributed by atoms with van der Waals surface area (Å²) >= 11 is 3.46. The maximum Gasteiger partial charge on any atom is 0.0865 e. The number of nitrogens with two attached hydrogens (primary N) is 1. The zero-order valence-corrected chi connectivity index (χ0v) is 10.8. The maximum absolute atomic E-state index is 10.1. The Morgan fingerprint density at radius 1 is 1.29 bits per heavy atom. The van der Waals surface area contributed by atoms with E-state index in [0.717, 1.165) is 10.0 Å². The number of hydrogen-bond acceptors (Lipinski definition) is 3. The highest BCUT2D eigenvalue weighted by atomic mass is 79.9. The number of aliphatic hydroxyl groups is 1. The molecular weight excluding hydrogens is 280 g/mol. The molecule has 0 spiro atoms. The Morgan fingerprint density at radius 3 is 2.76 bits per heavy atom. The number of aromatic nitrogens is 1. The van der Waals surface area contributed by atoms with Crippen LogP contribution >= 0.6 is 15.9 Å². The molecule has 2 rings (SSSR count). The molecule has 17 heavy (non-hydrogen) atoms. The van der Waals surface area contributed by atoms with Gasteiger partial charge in [0.1, 0.15) is 0 Å². The molecule has 1 atom stereocenters. The van der Waals surface area contributed by atoms with E-state index in [1.165, 1.54) is 0 Å². The molecular formula is C13H13BrN2O. The van der Waals surface area contributed by atoms with Crippen LogP contribution in [0.4, 0.5) is 5.69 Å². The quantitative estimate of drug-likeness (QED) is 0.914. The topological polar surface area (TPSA) is 59.1 Å². The van der Waals surface area contributed by atoms with Crippen LogP contribution in [0.1, 0.15) is 17.2 Å². The third-order valence-electron chi connectivity index (χ3n) is 2.62. The fourth-order valence-corrected chi connectivity index (χ4v) is 2.12. The second kappa shape index (κ2) is 5.29. The monoisotopic (exact) mass is 292 g/mol. The minimum atomic E-state index is -0.637. The SMILES string of the molecule is Nc1ccncc1C(O)Cc1ccccc1Br. The Hall–Kier alpha value is -1.39. The summed E-state index contributed by atoms with van der Waals surface area (Å²) in [5.74, 6) is 0. The van der Waals surface area contributed by atoms with E-state index < -0.39 is 6.10 Å². The van der Waals surface area contributed by atoms with Crippen LogP contribution < -0.4 is 5.73 Å². The van der Waals surface area contributed by atoms with Crippen LogP contribution in [0.25, 0.3) is 0 Å². The van der Waals surface area contributed by atoms with Crippen LogP contribution in [-0.2, 0) is 6.42 Å². The van der Waals surface area contributed by atoms with E-state index in [1.54, 1.807) is 18.5 Å². The van der Waals surface area contributed by atoms with Crippen molar-refractivity contribution in [3.63, 3.8) is 0 Å². The number of halogens is 1. The molecule has 0 amide bonds. The highest BCUT2D eigenvalue weighted by Gasteiger charge is 2.13. The number of hydrogen-bond donors (Lipinski definition) is 2. The third kappa shape index (κ3) is 2.84. The summed E-state index contributed by atoms with van der Waals surface area (Å²) in [7, 11) is 0. The molecule has 0 saturated carbocycles. The molecule has 0 aliphatic rings. The molecule has 0 aliphatic heterocycles. The molecule has 2 aromatic rings. The van der Waals surface area contributed by atoms with Gasteiger partial charge >= 0.3 is 0 Å². The lowest BCUT2D eigenvalue weighted by atomic mass is 10.0. The van der Waals surface area contributed by atoms with Crippen LogP contribution in [0.15, 0.2) is 47.2 Å². The van der Waals surface area contributed by atoms with E-state index in [1.807, 2.05) is 24.3 Å². The lowest BCUT2D eigenvalue weighted by molar-refractivity contribution is 0.178. The van der Waals surface area contributed by atoms with Crippen LogP contribution in [0.5, 0.6) is 0 Å². The number of pyridine rings is 1. The first-order valence-corrected chi connectivity index (χ1v) is 6.08. The molecule has 1 aromatic heterocycles. The molecule has 1 unspecified atom stereocenters. The Balaban J connectivity index is 2.20. The van der Waals surface area contributed by atoms with Gasteiger partial charge in [-0.3, -0.25) is 4.98 Å². The van der Waals surface area contributed by atoms with Gasteiger partial charge in [-0.15, -0.1) is 0 Å². The minimum Gasteiger partial charge on any atom is -0.398 e. The predicted molar refractivity (Wildman–Crippen MR) is 71.5 cm³/mol. The fraction of sp³-hybridized carbons (Fsp3) is 0.154. The Labute approximate surface area is 108 Å². The van der Waals surface area contributed by atoms with Gasteiger partial charge in [-0.1, -0.05) is 34.1 Å². The van der Waals surface area contributed by atoms with E-state index in [4.69, 9.17) is 5.73 Å². The Kier molecular flexibility index (Phi) is 3.76. The van der Waals surface area contributed by atoms with E-state index in [0.29, 0.717) is 17.7 Å². The minimum absolute atomic E-state index is 0.511. The molecule has 1 aromatic carbocycles. The maximum atomic E-state index is 10.1. The highest BCUT2D eigenvalue weighted by Crippen LogP contribution is 2.25. The number of benzene rings is 1. The number of nitrogen functional groups attached to an aromatic ring is 1. The first-order valence-electron chi connectivity index (χ1n) is 5.29. The van der Waals surface area contributed by atoms with Crippen LogP contribution in [-0.4, -0.2) is 10.1 Å². The van der Waals surface area contributed by atoms with Gasteiger partial charge in [-0.05, 0) is 17.7 Å².